The largest absolute Gasteiger partial charge is 0.224 e. The van der Waals surface area contributed by atoms with Crippen LogP contribution in [0.1, 0.15) is 12.5 Å². The van der Waals surface area contributed by atoms with Crippen LogP contribution in [0.15, 0.2) is 23.1 Å². The minimum Gasteiger partial charge on any atom is -0.224 e. The minimum absolute atomic E-state index is 0.0897. The first kappa shape index (κ1) is 13.9. The maximum Gasteiger partial charge on any atom is 0.181 e. The van der Waals surface area contributed by atoms with E-state index < -0.39 is 15.7 Å². The fraction of sp³-hybridized carbons (Fsp3) is 0.364. The summed E-state index contributed by atoms with van der Waals surface area (Å²) >= 11 is 5.53. The van der Waals surface area contributed by atoms with Crippen molar-refractivity contribution in [2.45, 2.75) is 11.8 Å². The van der Waals surface area contributed by atoms with Crippen LogP contribution in [0.5, 0.6) is 0 Å². The number of sulfone groups is 1. The molecule has 17 heavy (non-hydrogen) atoms. The van der Waals surface area contributed by atoms with Crippen molar-refractivity contribution in [3.05, 3.63) is 29.6 Å². The molecule has 1 aromatic rings. The monoisotopic (exact) mass is 275 g/mol. The van der Waals surface area contributed by atoms with Gasteiger partial charge in [0.1, 0.15) is 10.7 Å². The lowest BCUT2D eigenvalue weighted by Gasteiger charge is -2.09. The van der Waals surface area contributed by atoms with E-state index >= 15 is 0 Å². The highest BCUT2D eigenvalue weighted by Crippen LogP contribution is 2.19. The summed E-state index contributed by atoms with van der Waals surface area (Å²) in [5.74, 6) is -1.17. The molecule has 0 aliphatic heterocycles. The van der Waals surface area contributed by atoms with Gasteiger partial charge in [0.05, 0.1) is 17.4 Å². The molecule has 0 aliphatic carbocycles. The highest BCUT2D eigenvalue weighted by molar-refractivity contribution is 7.91. The molecule has 0 heterocycles. The number of hydrogen-bond donors (Lipinski definition) is 0. The summed E-state index contributed by atoms with van der Waals surface area (Å²) in [6.07, 6.45) is 0. The van der Waals surface area contributed by atoms with Gasteiger partial charge in [0, 0.05) is 5.88 Å². The minimum atomic E-state index is -3.70. The molecule has 0 N–H and O–H groups in total. The number of nitrogens with zero attached hydrogens (tertiary/aromatic N) is 1. The Morgan fingerprint density at radius 3 is 2.65 bits per heavy atom. The average Bonchev–Trinajstić information content (AvgIpc) is 2.27. The van der Waals surface area contributed by atoms with Gasteiger partial charge in [-0.15, -0.1) is 11.6 Å². The summed E-state index contributed by atoms with van der Waals surface area (Å²) in [4.78, 5) is -0.381. The van der Waals surface area contributed by atoms with Crippen molar-refractivity contribution in [1.82, 2.24) is 0 Å². The topological polar surface area (TPSA) is 57.9 Å². The van der Waals surface area contributed by atoms with Crippen molar-refractivity contribution in [2.24, 2.45) is 5.92 Å². The highest BCUT2D eigenvalue weighted by atomic mass is 35.5. The zero-order valence-corrected chi connectivity index (χ0v) is 10.7. The van der Waals surface area contributed by atoms with Crippen LogP contribution in [0, 0.1) is 23.1 Å². The molecule has 0 fully saturated rings. The zero-order valence-electron chi connectivity index (χ0n) is 9.15. The van der Waals surface area contributed by atoms with Crippen molar-refractivity contribution < 1.29 is 12.8 Å². The van der Waals surface area contributed by atoms with Gasteiger partial charge in [0.2, 0.25) is 0 Å². The van der Waals surface area contributed by atoms with E-state index in [4.69, 9.17) is 16.9 Å². The Bertz CT molecular complexity index is 551. The third-order valence-electron chi connectivity index (χ3n) is 2.16. The van der Waals surface area contributed by atoms with Gasteiger partial charge in [-0.25, -0.2) is 12.8 Å². The fourth-order valence-electron chi connectivity index (χ4n) is 1.33. The van der Waals surface area contributed by atoms with Crippen LogP contribution in [0.4, 0.5) is 4.39 Å². The second-order valence-corrected chi connectivity index (χ2v) is 6.11. The third kappa shape index (κ3) is 3.42. The second-order valence-electron chi connectivity index (χ2n) is 3.80. The van der Waals surface area contributed by atoms with Crippen molar-refractivity contribution in [3.8, 4) is 6.07 Å². The number of halogens is 2. The van der Waals surface area contributed by atoms with Crippen LogP contribution in [0.2, 0.25) is 0 Å². The van der Waals surface area contributed by atoms with Crippen LogP contribution < -0.4 is 0 Å². The van der Waals surface area contributed by atoms with Crippen LogP contribution in [0.3, 0.4) is 0 Å². The van der Waals surface area contributed by atoms with Crippen LogP contribution in [-0.2, 0) is 9.84 Å². The first-order valence-electron chi connectivity index (χ1n) is 4.89. The van der Waals surface area contributed by atoms with E-state index in [1.165, 1.54) is 6.07 Å². The molecule has 0 bridgehead atoms. The molecule has 3 nitrogen and oxygen atoms in total. The molecule has 0 aliphatic rings. The summed E-state index contributed by atoms with van der Waals surface area (Å²) in [6, 6.07) is 5.05. The number of benzene rings is 1. The van der Waals surface area contributed by atoms with Crippen molar-refractivity contribution in [3.63, 3.8) is 0 Å². The first-order chi connectivity index (χ1) is 7.90. The van der Waals surface area contributed by atoms with Gasteiger partial charge in [-0.1, -0.05) is 6.92 Å². The van der Waals surface area contributed by atoms with E-state index in [1.807, 2.05) is 0 Å². The summed E-state index contributed by atoms with van der Waals surface area (Å²) in [5.41, 5.74) is 0.0897. The number of hydrogen-bond acceptors (Lipinski definition) is 3. The standard InChI is InChI=1S/C11H11ClFNO2S/c1-8(5-12)7-17(15,16)11-3-2-9(6-14)4-10(11)13/h2-4,8H,5,7H2,1H3. The molecular weight excluding hydrogens is 265 g/mol. The molecule has 6 heteroatoms. The Balaban J connectivity index is 3.13. The quantitative estimate of drug-likeness (QED) is 0.793. The molecule has 1 unspecified atom stereocenters. The smallest absolute Gasteiger partial charge is 0.181 e. The van der Waals surface area contributed by atoms with Gasteiger partial charge in [-0.2, -0.15) is 5.26 Å². The summed E-state index contributed by atoms with van der Waals surface area (Å²) < 4.78 is 37.2. The van der Waals surface area contributed by atoms with Gasteiger partial charge in [0.25, 0.3) is 0 Å². The van der Waals surface area contributed by atoms with Crippen LogP contribution >= 0.6 is 11.6 Å². The summed E-state index contributed by atoms with van der Waals surface area (Å²) in [7, 11) is -3.70. The molecule has 0 spiro atoms. The van der Waals surface area contributed by atoms with Gasteiger partial charge in [-0.05, 0) is 24.1 Å². The van der Waals surface area contributed by atoms with Crippen LogP contribution in [-0.4, -0.2) is 20.1 Å². The predicted molar refractivity (Wildman–Crippen MR) is 63.1 cm³/mol. The van der Waals surface area contributed by atoms with Crippen LogP contribution in [0.25, 0.3) is 0 Å². The van der Waals surface area contributed by atoms with E-state index in [-0.39, 0.29) is 28.0 Å². The van der Waals surface area contributed by atoms with Crippen molar-refractivity contribution in [1.29, 1.82) is 5.26 Å². The fourth-order valence-corrected chi connectivity index (χ4v) is 3.25. The number of nitriles is 1. The van der Waals surface area contributed by atoms with E-state index in [0.717, 1.165) is 12.1 Å². The maximum absolute atomic E-state index is 13.5. The summed E-state index contributed by atoms with van der Waals surface area (Å²) in [5, 5.41) is 8.56. The van der Waals surface area contributed by atoms with Gasteiger partial charge >= 0.3 is 0 Å². The molecule has 0 aromatic heterocycles. The summed E-state index contributed by atoms with van der Waals surface area (Å²) in [6.45, 7) is 1.67. The lowest BCUT2D eigenvalue weighted by atomic mass is 10.2. The lowest BCUT2D eigenvalue weighted by Crippen LogP contribution is -2.16. The molecule has 1 aromatic carbocycles. The number of alkyl halides is 1. The molecule has 0 amide bonds. The van der Waals surface area contributed by atoms with E-state index in [0.29, 0.717) is 0 Å². The van der Waals surface area contributed by atoms with E-state index in [1.54, 1.807) is 13.0 Å². The Morgan fingerprint density at radius 1 is 1.53 bits per heavy atom. The van der Waals surface area contributed by atoms with E-state index in [9.17, 15) is 12.8 Å². The molecule has 0 radical (unpaired) electrons. The van der Waals surface area contributed by atoms with E-state index in [2.05, 4.69) is 0 Å². The number of rotatable bonds is 4. The Labute approximate surface area is 105 Å². The Kier molecular flexibility index (Phi) is 4.49. The molecule has 0 saturated carbocycles. The van der Waals surface area contributed by atoms with Gasteiger partial charge in [0.15, 0.2) is 9.84 Å². The lowest BCUT2D eigenvalue weighted by molar-refractivity contribution is 0.559. The van der Waals surface area contributed by atoms with Gasteiger partial charge < -0.3 is 0 Å². The Morgan fingerprint density at radius 2 is 2.18 bits per heavy atom. The maximum atomic E-state index is 13.5. The third-order valence-corrected chi connectivity index (χ3v) is 4.70. The second kappa shape index (κ2) is 5.48. The van der Waals surface area contributed by atoms with Crippen molar-refractivity contribution in [2.75, 3.05) is 11.6 Å². The Hall–Kier alpha value is -1.12. The normalized spacial score (nSPS) is 13.1. The molecule has 0 saturated heterocycles. The zero-order chi connectivity index (χ0) is 13.1. The first-order valence-corrected chi connectivity index (χ1v) is 7.07. The molecule has 1 rings (SSSR count). The van der Waals surface area contributed by atoms with Crippen molar-refractivity contribution >= 4 is 21.4 Å². The predicted octanol–water partition coefficient (Wildman–Crippen LogP) is 2.35. The molecule has 1 atom stereocenters. The molecule has 92 valence electrons. The average molecular weight is 276 g/mol. The highest BCUT2D eigenvalue weighted by Gasteiger charge is 2.22. The van der Waals surface area contributed by atoms with Gasteiger partial charge in [-0.3, -0.25) is 0 Å². The SMILES string of the molecule is CC(CCl)CS(=O)(=O)c1ccc(C#N)cc1F. The molecular formula is C11H11ClFNO2S.